The summed E-state index contributed by atoms with van der Waals surface area (Å²) in [5, 5.41) is 0. The van der Waals surface area contributed by atoms with E-state index < -0.39 is 0 Å². The molecule has 2 radical (unpaired) electrons. The summed E-state index contributed by atoms with van der Waals surface area (Å²) in [5.74, 6) is 0. The van der Waals surface area contributed by atoms with Crippen molar-refractivity contribution in [2.75, 3.05) is 19.8 Å². The van der Waals surface area contributed by atoms with E-state index in [0.717, 1.165) is 19.8 Å². The Morgan fingerprint density at radius 2 is 1.05 bits per heavy atom. The summed E-state index contributed by atoms with van der Waals surface area (Å²) in [5.41, 5.74) is 2.39. The monoisotopic (exact) mass is 278 g/mol. The highest BCUT2D eigenvalue weighted by Crippen LogP contribution is 2.17. The molecular formula is C19H22N2+2. The third-order valence-electron chi connectivity index (χ3n) is 3.28. The van der Waals surface area contributed by atoms with E-state index in [1.54, 1.807) is 0 Å². The van der Waals surface area contributed by atoms with Crippen molar-refractivity contribution >= 4 is 11.4 Å². The van der Waals surface area contributed by atoms with Crippen LogP contribution in [-0.2, 0) is 0 Å². The van der Waals surface area contributed by atoms with Gasteiger partial charge in [0.25, 0.3) is 0 Å². The van der Waals surface area contributed by atoms with Gasteiger partial charge in [0.15, 0.2) is 24.5 Å². The number of benzene rings is 2. The van der Waals surface area contributed by atoms with E-state index >= 15 is 0 Å². The molecule has 2 aromatic rings. The summed E-state index contributed by atoms with van der Waals surface area (Å²) in [6.45, 7) is 10.2. The maximum Gasteiger partial charge on any atom is 0.304 e. The van der Waals surface area contributed by atoms with Gasteiger partial charge in [0.2, 0.25) is 0 Å². The van der Waals surface area contributed by atoms with Crippen LogP contribution in [0, 0.1) is 0 Å². The maximum atomic E-state index is 3.87. The van der Waals surface area contributed by atoms with Crippen molar-refractivity contribution < 1.29 is 0 Å². The van der Waals surface area contributed by atoms with Gasteiger partial charge in [-0.05, 0) is 12.2 Å². The number of hydrogen-bond acceptors (Lipinski definition) is 2. The van der Waals surface area contributed by atoms with E-state index in [0.29, 0.717) is 0 Å². The summed E-state index contributed by atoms with van der Waals surface area (Å²) in [4.78, 5) is 4.59. The van der Waals surface area contributed by atoms with Gasteiger partial charge < -0.3 is 0 Å². The minimum atomic E-state index is 0.798. The standard InChI is InChI=1S/C19H22N2/c1-3-15-20(18-11-7-5-8-12-18)17-21(16-4-2)19-13-9-6-10-14-19/h3-14H,1-2,15-17H2/q+2. The van der Waals surface area contributed by atoms with Crippen LogP contribution < -0.4 is 9.80 Å². The first-order valence-corrected chi connectivity index (χ1v) is 7.17. The predicted octanol–water partition coefficient (Wildman–Crippen LogP) is 4.26. The molecule has 0 unspecified atom stereocenters. The fourth-order valence-corrected chi connectivity index (χ4v) is 2.28. The van der Waals surface area contributed by atoms with Gasteiger partial charge in [0, 0.05) is 24.3 Å². The number of para-hydroxylation sites is 2. The Bertz CT molecular complexity index is 497. The summed E-state index contributed by atoms with van der Waals surface area (Å²) < 4.78 is 0. The van der Waals surface area contributed by atoms with Crippen molar-refractivity contribution in [1.82, 2.24) is 9.80 Å². The Morgan fingerprint density at radius 3 is 1.38 bits per heavy atom. The average molecular weight is 278 g/mol. The third-order valence-corrected chi connectivity index (χ3v) is 3.28. The Kier molecular flexibility index (Phi) is 5.95. The second-order valence-electron chi connectivity index (χ2n) is 4.83. The van der Waals surface area contributed by atoms with E-state index in [-0.39, 0.29) is 0 Å². The van der Waals surface area contributed by atoms with Gasteiger partial charge in [-0.25, -0.2) is 0 Å². The quantitative estimate of drug-likeness (QED) is 0.388. The molecule has 0 N–H and O–H groups in total. The number of nitrogens with zero attached hydrogens (tertiary/aromatic N) is 2. The van der Waals surface area contributed by atoms with Crippen LogP contribution in [0.15, 0.2) is 86.0 Å². The molecule has 0 bridgehead atoms. The van der Waals surface area contributed by atoms with Crippen molar-refractivity contribution in [1.29, 1.82) is 0 Å². The Balaban J connectivity index is 2.20. The zero-order chi connectivity index (χ0) is 14.9. The van der Waals surface area contributed by atoms with Crippen LogP contribution in [-0.4, -0.2) is 19.8 Å². The summed E-state index contributed by atoms with van der Waals surface area (Å²) in [7, 11) is 0. The first-order valence-electron chi connectivity index (χ1n) is 7.17. The van der Waals surface area contributed by atoms with Gasteiger partial charge >= 0.3 is 6.67 Å². The molecule has 0 aliphatic rings. The number of anilines is 2. The Morgan fingerprint density at radius 1 is 0.667 bits per heavy atom. The molecule has 0 atom stereocenters. The highest BCUT2D eigenvalue weighted by molar-refractivity contribution is 5.42. The molecule has 0 heterocycles. The van der Waals surface area contributed by atoms with Gasteiger partial charge in [-0.15, -0.1) is 0 Å². The molecule has 2 aromatic carbocycles. The zero-order valence-electron chi connectivity index (χ0n) is 12.4. The first-order chi connectivity index (χ1) is 10.3. The third kappa shape index (κ3) is 4.42. The topological polar surface area (TPSA) is 11.8 Å². The van der Waals surface area contributed by atoms with Gasteiger partial charge in [-0.2, -0.15) is 0 Å². The SMILES string of the molecule is C=CC[N+](C[N+](CC=C)c1ccccc1)c1ccccc1. The molecular weight excluding hydrogens is 256 g/mol. The van der Waals surface area contributed by atoms with Crippen LogP contribution >= 0.6 is 0 Å². The lowest BCUT2D eigenvalue weighted by molar-refractivity contribution is 0.442. The highest BCUT2D eigenvalue weighted by atomic mass is 15.3. The maximum absolute atomic E-state index is 3.87. The van der Waals surface area contributed by atoms with Crippen molar-refractivity contribution in [3.05, 3.63) is 86.0 Å². The molecule has 106 valence electrons. The van der Waals surface area contributed by atoms with Crippen LogP contribution in [0.3, 0.4) is 0 Å². The van der Waals surface area contributed by atoms with E-state index in [1.807, 2.05) is 24.3 Å². The van der Waals surface area contributed by atoms with Gasteiger partial charge in [-0.3, -0.25) is 0 Å². The highest BCUT2D eigenvalue weighted by Gasteiger charge is 2.28. The second kappa shape index (κ2) is 8.20. The predicted molar refractivity (Wildman–Crippen MR) is 91.5 cm³/mol. The van der Waals surface area contributed by atoms with Crippen molar-refractivity contribution in [2.24, 2.45) is 0 Å². The molecule has 0 aliphatic carbocycles. The lowest BCUT2D eigenvalue weighted by atomic mass is 10.2. The van der Waals surface area contributed by atoms with Gasteiger partial charge in [0.1, 0.15) is 0 Å². The Labute approximate surface area is 127 Å². The van der Waals surface area contributed by atoms with E-state index in [1.165, 1.54) is 11.4 Å². The average Bonchev–Trinajstić information content (AvgIpc) is 2.55. The number of rotatable bonds is 8. The zero-order valence-corrected chi connectivity index (χ0v) is 12.4. The van der Waals surface area contributed by atoms with Crippen molar-refractivity contribution in [2.45, 2.75) is 0 Å². The molecule has 0 saturated carbocycles. The van der Waals surface area contributed by atoms with Crippen LogP contribution in [0.1, 0.15) is 0 Å². The molecule has 2 heteroatoms. The van der Waals surface area contributed by atoms with Gasteiger partial charge in [0.05, 0.1) is 0 Å². The van der Waals surface area contributed by atoms with Gasteiger partial charge in [-0.1, -0.05) is 59.4 Å². The molecule has 0 spiro atoms. The summed E-state index contributed by atoms with van der Waals surface area (Å²) in [6.07, 6.45) is 3.87. The van der Waals surface area contributed by atoms with E-state index in [2.05, 4.69) is 71.5 Å². The smallest absolute Gasteiger partial charge is 0.0973 e. The molecule has 21 heavy (non-hydrogen) atoms. The summed E-state index contributed by atoms with van der Waals surface area (Å²) >= 11 is 0. The fraction of sp³-hybridized carbons (Fsp3) is 0.158. The molecule has 0 aromatic heterocycles. The van der Waals surface area contributed by atoms with Crippen LogP contribution in [0.25, 0.3) is 0 Å². The summed E-state index contributed by atoms with van der Waals surface area (Å²) in [6, 6.07) is 20.8. The largest absolute Gasteiger partial charge is 0.304 e. The molecule has 0 aliphatic heterocycles. The van der Waals surface area contributed by atoms with Crippen molar-refractivity contribution in [3.63, 3.8) is 0 Å². The molecule has 0 amide bonds. The minimum Gasteiger partial charge on any atom is -0.0973 e. The van der Waals surface area contributed by atoms with Crippen LogP contribution in [0.5, 0.6) is 0 Å². The van der Waals surface area contributed by atoms with Crippen LogP contribution in [0.2, 0.25) is 0 Å². The Hall–Kier alpha value is -2.16. The molecule has 0 saturated heterocycles. The second-order valence-corrected chi connectivity index (χ2v) is 4.83. The van der Waals surface area contributed by atoms with E-state index in [9.17, 15) is 0 Å². The normalized spacial score (nSPS) is 10.8. The first kappa shape index (κ1) is 15.2. The lowest BCUT2D eigenvalue weighted by Gasteiger charge is -2.13. The minimum absolute atomic E-state index is 0.798. The molecule has 2 rings (SSSR count). The molecule has 2 nitrogen and oxygen atoms in total. The fourth-order valence-electron chi connectivity index (χ4n) is 2.28. The number of hydrogen-bond donors (Lipinski definition) is 0. The van der Waals surface area contributed by atoms with Crippen molar-refractivity contribution in [3.8, 4) is 0 Å². The van der Waals surface area contributed by atoms with Crippen LogP contribution in [0.4, 0.5) is 11.4 Å². The molecule has 0 fully saturated rings. The lowest BCUT2D eigenvalue weighted by Crippen LogP contribution is -2.40. The van der Waals surface area contributed by atoms with E-state index in [4.69, 9.17) is 0 Å².